The Kier molecular flexibility index (Phi) is 7.45. The van der Waals surface area contributed by atoms with Gasteiger partial charge < -0.3 is 15.4 Å². The van der Waals surface area contributed by atoms with Crippen molar-refractivity contribution < 1.29 is 14.3 Å². The largest absolute Gasteiger partial charge is 0.497 e. The van der Waals surface area contributed by atoms with E-state index in [0.717, 1.165) is 11.3 Å². The molecule has 2 N–H and O–H groups in total. The van der Waals surface area contributed by atoms with E-state index < -0.39 is 0 Å². The fourth-order valence-electron chi connectivity index (χ4n) is 2.85. The molecular formula is C22H23N5O3S. The highest BCUT2D eigenvalue weighted by Crippen LogP contribution is 2.26. The van der Waals surface area contributed by atoms with Crippen LogP contribution in [0.4, 0.5) is 11.4 Å². The van der Waals surface area contributed by atoms with Crippen molar-refractivity contribution in [2.75, 3.05) is 23.5 Å². The summed E-state index contributed by atoms with van der Waals surface area (Å²) in [4.78, 5) is 23.6. The molecule has 1 aromatic heterocycles. The van der Waals surface area contributed by atoms with Crippen molar-refractivity contribution in [3.8, 4) is 17.1 Å². The number of nitrogens with one attached hydrogen (secondary N) is 2. The molecule has 8 nitrogen and oxygen atoms in total. The van der Waals surface area contributed by atoms with Gasteiger partial charge in [0.15, 0.2) is 11.0 Å². The lowest BCUT2D eigenvalue weighted by Crippen LogP contribution is -2.15. The van der Waals surface area contributed by atoms with Crippen LogP contribution in [0.5, 0.6) is 5.75 Å². The molecule has 0 aliphatic heterocycles. The number of hydrogen-bond donors (Lipinski definition) is 2. The number of anilines is 2. The molecule has 3 rings (SSSR count). The van der Waals surface area contributed by atoms with Gasteiger partial charge in [0.1, 0.15) is 5.75 Å². The molecule has 0 radical (unpaired) electrons. The molecule has 0 spiro atoms. The molecule has 0 fully saturated rings. The summed E-state index contributed by atoms with van der Waals surface area (Å²) in [7, 11) is 1.62. The summed E-state index contributed by atoms with van der Waals surface area (Å²) in [6.45, 7) is 5.75. The summed E-state index contributed by atoms with van der Waals surface area (Å²) in [6, 6.07) is 14.5. The lowest BCUT2D eigenvalue weighted by Gasteiger charge is -2.09. The molecule has 0 unspecified atom stereocenters. The Labute approximate surface area is 184 Å². The van der Waals surface area contributed by atoms with Crippen molar-refractivity contribution >= 4 is 35.0 Å². The van der Waals surface area contributed by atoms with Gasteiger partial charge in [-0.05, 0) is 42.5 Å². The van der Waals surface area contributed by atoms with Crippen LogP contribution in [0.25, 0.3) is 11.4 Å². The standard InChI is InChI=1S/C22H23N5O3S/c1-4-12-27-21(16-8-10-19(30-3)11-9-16)25-26-22(27)31-14-20(29)24-18-7-5-6-17(13-18)23-15(2)28/h4-11,13H,1,12,14H2,2-3H3,(H,23,28)(H,24,29). The fourth-order valence-corrected chi connectivity index (χ4v) is 3.60. The molecule has 0 saturated heterocycles. The maximum atomic E-state index is 12.4. The number of carbonyl (C=O) groups is 2. The van der Waals surface area contributed by atoms with E-state index in [9.17, 15) is 9.59 Å². The summed E-state index contributed by atoms with van der Waals surface area (Å²) in [6.07, 6.45) is 1.76. The highest BCUT2D eigenvalue weighted by Gasteiger charge is 2.15. The zero-order chi connectivity index (χ0) is 22.2. The van der Waals surface area contributed by atoms with Crippen LogP contribution in [0.3, 0.4) is 0 Å². The number of carbonyl (C=O) groups excluding carboxylic acids is 2. The highest BCUT2D eigenvalue weighted by atomic mass is 32.2. The first-order valence-electron chi connectivity index (χ1n) is 9.49. The number of thioether (sulfide) groups is 1. The lowest BCUT2D eigenvalue weighted by atomic mass is 10.2. The van der Waals surface area contributed by atoms with Gasteiger partial charge in [-0.2, -0.15) is 0 Å². The Hall–Kier alpha value is -3.59. The predicted molar refractivity (Wildman–Crippen MR) is 122 cm³/mol. The van der Waals surface area contributed by atoms with E-state index in [1.54, 1.807) is 37.5 Å². The first-order chi connectivity index (χ1) is 15.0. The minimum absolute atomic E-state index is 0.155. The minimum Gasteiger partial charge on any atom is -0.497 e. The normalized spacial score (nSPS) is 10.4. The van der Waals surface area contributed by atoms with E-state index in [-0.39, 0.29) is 17.6 Å². The first kappa shape index (κ1) is 22.1. The van der Waals surface area contributed by atoms with Gasteiger partial charge in [-0.3, -0.25) is 14.2 Å². The number of amides is 2. The third-order valence-corrected chi connectivity index (χ3v) is 5.14. The second-order valence-electron chi connectivity index (χ2n) is 6.53. The van der Waals surface area contributed by atoms with Gasteiger partial charge in [0.05, 0.1) is 12.9 Å². The molecule has 0 saturated carbocycles. The molecule has 1 heterocycles. The first-order valence-corrected chi connectivity index (χ1v) is 10.5. The molecule has 2 aromatic carbocycles. The molecule has 0 aliphatic rings. The van der Waals surface area contributed by atoms with Gasteiger partial charge in [0.25, 0.3) is 0 Å². The van der Waals surface area contributed by atoms with Crippen LogP contribution in [0.2, 0.25) is 0 Å². The maximum Gasteiger partial charge on any atom is 0.234 e. The van der Waals surface area contributed by atoms with E-state index in [1.807, 2.05) is 28.8 Å². The predicted octanol–water partition coefficient (Wildman–Crippen LogP) is 3.83. The third kappa shape index (κ3) is 5.95. The van der Waals surface area contributed by atoms with Crippen molar-refractivity contribution in [3.05, 3.63) is 61.2 Å². The summed E-state index contributed by atoms with van der Waals surface area (Å²) in [5, 5.41) is 14.7. The summed E-state index contributed by atoms with van der Waals surface area (Å²) in [5.41, 5.74) is 2.11. The number of benzene rings is 2. The fraction of sp³-hybridized carbons (Fsp3) is 0.182. The van der Waals surface area contributed by atoms with Crippen molar-refractivity contribution in [2.45, 2.75) is 18.6 Å². The summed E-state index contributed by atoms with van der Waals surface area (Å²) >= 11 is 1.29. The number of allylic oxidation sites excluding steroid dienone is 1. The summed E-state index contributed by atoms with van der Waals surface area (Å²) in [5.74, 6) is 1.24. The van der Waals surface area contributed by atoms with Gasteiger partial charge in [0, 0.05) is 30.4 Å². The van der Waals surface area contributed by atoms with Gasteiger partial charge >= 0.3 is 0 Å². The molecular weight excluding hydrogens is 414 g/mol. The Morgan fingerprint density at radius 2 is 1.84 bits per heavy atom. The van der Waals surface area contributed by atoms with Crippen LogP contribution in [0.15, 0.2) is 66.3 Å². The quantitative estimate of drug-likeness (QED) is 0.390. The molecule has 160 valence electrons. The van der Waals surface area contributed by atoms with E-state index in [0.29, 0.717) is 28.9 Å². The molecule has 3 aromatic rings. The van der Waals surface area contributed by atoms with Crippen LogP contribution < -0.4 is 15.4 Å². The van der Waals surface area contributed by atoms with E-state index in [2.05, 4.69) is 27.4 Å². The zero-order valence-electron chi connectivity index (χ0n) is 17.3. The molecule has 2 amide bonds. The van der Waals surface area contributed by atoms with Crippen molar-refractivity contribution in [2.24, 2.45) is 0 Å². The van der Waals surface area contributed by atoms with Crippen molar-refractivity contribution in [1.29, 1.82) is 0 Å². The van der Waals surface area contributed by atoms with Crippen LogP contribution in [0, 0.1) is 0 Å². The van der Waals surface area contributed by atoms with Gasteiger partial charge in [-0.1, -0.05) is 23.9 Å². The van der Waals surface area contributed by atoms with Gasteiger partial charge in [-0.15, -0.1) is 16.8 Å². The zero-order valence-corrected chi connectivity index (χ0v) is 18.1. The van der Waals surface area contributed by atoms with E-state index >= 15 is 0 Å². The SMILES string of the molecule is C=CCn1c(SCC(=O)Nc2cccc(NC(C)=O)c2)nnc1-c1ccc(OC)cc1. The van der Waals surface area contributed by atoms with Gasteiger partial charge in [0.2, 0.25) is 11.8 Å². The maximum absolute atomic E-state index is 12.4. The average molecular weight is 438 g/mol. The Bertz CT molecular complexity index is 1080. The lowest BCUT2D eigenvalue weighted by molar-refractivity contribution is -0.114. The number of nitrogens with zero attached hydrogens (tertiary/aromatic N) is 3. The number of hydrogen-bond acceptors (Lipinski definition) is 6. The second-order valence-corrected chi connectivity index (χ2v) is 7.48. The smallest absolute Gasteiger partial charge is 0.234 e. The number of methoxy groups -OCH3 is 1. The van der Waals surface area contributed by atoms with Crippen LogP contribution in [-0.4, -0.2) is 39.4 Å². The van der Waals surface area contributed by atoms with Crippen molar-refractivity contribution in [1.82, 2.24) is 14.8 Å². The minimum atomic E-state index is -0.191. The Morgan fingerprint density at radius 1 is 1.13 bits per heavy atom. The topological polar surface area (TPSA) is 98.1 Å². The molecule has 9 heteroatoms. The molecule has 0 aliphatic carbocycles. The average Bonchev–Trinajstić information content (AvgIpc) is 3.15. The molecule has 0 bridgehead atoms. The summed E-state index contributed by atoms with van der Waals surface area (Å²) < 4.78 is 7.11. The Morgan fingerprint density at radius 3 is 2.48 bits per heavy atom. The van der Waals surface area contributed by atoms with Crippen molar-refractivity contribution in [3.63, 3.8) is 0 Å². The number of rotatable bonds is 9. The van der Waals surface area contributed by atoms with Crippen LogP contribution >= 0.6 is 11.8 Å². The molecule has 0 atom stereocenters. The number of aromatic nitrogens is 3. The Balaban J connectivity index is 1.68. The van der Waals surface area contributed by atoms with Crippen LogP contribution in [-0.2, 0) is 16.1 Å². The van der Waals surface area contributed by atoms with Gasteiger partial charge in [-0.25, -0.2) is 0 Å². The molecule has 31 heavy (non-hydrogen) atoms. The highest BCUT2D eigenvalue weighted by molar-refractivity contribution is 7.99. The van der Waals surface area contributed by atoms with E-state index in [1.165, 1.54) is 18.7 Å². The van der Waals surface area contributed by atoms with E-state index in [4.69, 9.17) is 4.74 Å². The second kappa shape index (κ2) is 10.4. The van der Waals surface area contributed by atoms with Crippen LogP contribution in [0.1, 0.15) is 6.92 Å². The number of ether oxygens (including phenoxy) is 1. The monoisotopic (exact) mass is 437 g/mol. The third-order valence-electron chi connectivity index (χ3n) is 4.18.